The molecule has 0 heterocycles. The molecule has 0 saturated heterocycles. The Hall–Kier alpha value is -3.10. The number of hydrogen-bond acceptors (Lipinski definition) is 3. The second-order valence-corrected chi connectivity index (χ2v) is 5.63. The van der Waals surface area contributed by atoms with Crippen LogP contribution in [-0.2, 0) is 22.3 Å². The molecule has 27 heavy (non-hydrogen) atoms. The highest BCUT2D eigenvalue weighted by molar-refractivity contribution is 5.72. The Labute approximate surface area is 151 Å². The number of aliphatic carboxylic acids is 1. The first-order chi connectivity index (χ1) is 12.6. The molecule has 2 rings (SSSR count). The van der Waals surface area contributed by atoms with Gasteiger partial charge in [0.2, 0.25) is 0 Å². The van der Waals surface area contributed by atoms with Crippen molar-refractivity contribution in [3.63, 3.8) is 0 Å². The van der Waals surface area contributed by atoms with E-state index in [9.17, 15) is 27.2 Å². The molecular weight excluding hydrogens is 370 g/mol. The van der Waals surface area contributed by atoms with Gasteiger partial charge in [-0.15, -0.1) is 0 Å². The molecule has 1 atom stereocenters. The number of amides is 1. The third kappa shape index (κ3) is 6.28. The van der Waals surface area contributed by atoms with E-state index in [1.54, 1.807) is 30.3 Å². The van der Waals surface area contributed by atoms with Crippen LogP contribution in [0.4, 0.5) is 22.4 Å². The van der Waals surface area contributed by atoms with Crippen LogP contribution in [-0.4, -0.2) is 17.2 Å². The molecule has 0 radical (unpaired) electrons. The quantitative estimate of drug-likeness (QED) is 0.728. The summed E-state index contributed by atoms with van der Waals surface area (Å²) in [5.41, 5.74) is -0.957. The molecule has 1 amide bonds. The number of carbonyl (C=O) groups is 2. The SMILES string of the molecule is O=C(O)C[C@@H](NC(=O)OCc1ccccc1)c1cc(F)cc(C(F)(F)F)c1. The van der Waals surface area contributed by atoms with Crippen LogP contribution < -0.4 is 5.32 Å². The monoisotopic (exact) mass is 385 g/mol. The van der Waals surface area contributed by atoms with Gasteiger partial charge in [0.1, 0.15) is 12.4 Å². The minimum absolute atomic E-state index is 0.122. The number of rotatable bonds is 6. The first-order valence-electron chi connectivity index (χ1n) is 7.72. The van der Waals surface area contributed by atoms with Gasteiger partial charge in [0.25, 0.3) is 0 Å². The van der Waals surface area contributed by atoms with Crippen LogP contribution in [0.3, 0.4) is 0 Å². The van der Waals surface area contributed by atoms with Crippen LogP contribution in [0, 0.1) is 5.82 Å². The summed E-state index contributed by atoms with van der Waals surface area (Å²) in [5.74, 6) is -2.59. The molecule has 0 saturated carbocycles. The Balaban J connectivity index is 2.16. The smallest absolute Gasteiger partial charge is 0.416 e. The second-order valence-electron chi connectivity index (χ2n) is 5.63. The fourth-order valence-electron chi connectivity index (χ4n) is 2.31. The van der Waals surface area contributed by atoms with E-state index >= 15 is 0 Å². The zero-order chi connectivity index (χ0) is 20.0. The Morgan fingerprint density at radius 1 is 1.11 bits per heavy atom. The van der Waals surface area contributed by atoms with Crippen LogP contribution in [0.1, 0.15) is 29.2 Å². The molecular formula is C18H15F4NO4. The van der Waals surface area contributed by atoms with Crippen molar-refractivity contribution in [2.45, 2.75) is 25.2 Å². The van der Waals surface area contributed by atoms with Crippen molar-refractivity contribution < 1.29 is 37.0 Å². The highest BCUT2D eigenvalue weighted by Crippen LogP contribution is 2.32. The molecule has 9 heteroatoms. The Kier molecular flexibility index (Phi) is 6.38. The summed E-state index contributed by atoms with van der Waals surface area (Å²) in [6, 6.07) is 8.78. The predicted molar refractivity (Wildman–Crippen MR) is 86.2 cm³/mol. The predicted octanol–water partition coefficient (Wildman–Crippen LogP) is 4.29. The highest BCUT2D eigenvalue weighted by Gasteiger charge is 2.32. The van der Waals surface area contributed by atoms with E-state index in [0.29, 0.717) is 11.6 Å². The molecule has 144 valence electrons. The summed E-state index contributed by atoms with van der Waals surface area (Å²) in [7, 11) is 0. The zero-order valence-electron chi connectivity index (χ0n) is 13.8. The maximum Gasteiger partial charge on any atom is 0.416 e. The van der Waals surface area contributed by atoms with Gasteiger partial charge in [-0.1, -0.05) is 30.3 Å². The van der Waals surface area contributed by atoms with Crippen molar-refractivity contribution in [1.29, 1.82) is 0 Å². The van der Waals surface area contributed by atoms with Gasteiger partial charge in [-0.25, -0.2) is 9.18 Å². The number of ether oxygens (including phenoxy) is 1. The van der Waals surface area contributed by atoms with Gasteiger partial charge in [0.05, 0.1) is 18.0 Å². The minimum atomic E-state index is -4.82. The molecule has 0 unspecified atom stereocenters. The van der Waals surface area contributed by atoms with Crippen molar-refractivity contribution in [3.05, 3.63) is 71.0 Å². The lowest BCUT2D eigenvalue weighted by atomic mass is 10.0. The number of benzene rings is 2. The van der Waals surface area contributed by atoms with Crippen molar-refractivity contribution in [2.24, 2.45) is 0 Å². The van der Waals surface area contributed by atoms with E-state index in [1.807, 2.05) is 0 Å². The van der Waals surface area contributed by atoms with E-state index in [4.69, 9.17) is 9.84 Å². The Bertz CT molecular complexity index is 809. The number of carboxylic acid groups (broad SMARTS) is 1. The molecule has 0 bridgehead atoms. The minimum Gasteiger partial charge on any atom is -0.481 e. The standard InChI is InChI=1S/C18H15F4NO4/c19-14-7-12(6-13(8-14)18(20,21)22)15(9-16(24)25)23-17(26)27-10-11-4-2-1-3-5-11/h1-8,15H,9-10H2,(H,23,26)(H,24,25)/t15-/m1/s1. The summed E-state index contributed by atoms with van der Waals surface area (Å²) in [5, 5.41) is 11.1. The number of carboxylic acids is 1. The lowest BCUT2D eigenvalue weighted by Gasteiger charge is -2.19. The topological polar surface area (TPSA) is 75.6 Å². The van der Waals surface area contributed by atoms with E-state index in [1.165, 1.54) is 0 Å². The van der Waals surface area contributed by atoms with Crippen LogP contribution in [0.25, 0.3) is 0 Å². The summed E-state index contributed by atoms with van der Waals surface area (Å²) in [4.78, 5) is 22.9. The Morgan fingerprint density at radius 2 is 1.78 bits per heavy atom. The number of alkyl halides is 3. The normalized spacial score (nSPS) is 12.3. The van der Waals surface area contributed by atoms with Crippen molar-refractivity contribution in [2.75, 3.05) is 0 Å². The maximum absolute atomic E-state index is 13.6. The lowest BCUT2D eigenvalue weighted by Crippen LogP contribution is -2.31. The third-order valence-electron chi connectivity index (χ3n) is 3.53. The lowest BCUT2D eigenvalue weighted by molar-refractivity contribution is -0.138. The Morgan fingerprint density at radius 3 is 2.37 bits per heavy atom. The van der Waals surface area contributed by atoms with Gasteiger partial charge in [-0.05, 0) is 29.3 Å². The van der Waals surface area contributed by atoms with Gasteiger partial charge in [0.15, 0.2) is 0 Å². The molecule has 2 N–H and O–H groups in total. The van der Waals surface area contributed by atoms with Gasteiger partial charge in [0, 0.05) is 0 Å². The molecule has 5 nitrogen and oxygen atoms in total. The van der Waals surface area contributed by atoms with Crippen LogP contribution in [0.15, 0.2) is 48.5 Å². The highest BCUT2D eigenvalue weighted by atomic mass is 19.4. The average molecular weight is 385 g/mol. The molecule has 0 spiro atoms. The maximum atomic E-state index is 13.6. The van der Waals surface area contributed by atoms with Crippen molar-refractivity contribution in [1.82, 2.24) is 5.32 Å². The summed E-state index contributed by atoms with van der Waals surface area (Å²) in [6.07, 6.45) is -6.61. The molecule has 2 aromatic carbocycles. The fourth-order valence-corrected chi connectivity index (χ4v) is 2.31. The molecule has 0 aromatic heterocycles. The first kappa shape index (κ1) is 20.2. The van der Waals surface area contributed by atoms with Gasteiger partial charge in [-0.3, -0.25) is 4.79 Å². The average Bonchev–Trinajstić information content (AvgIpc) is 2.58. The molecule has 0 aliphatic rings. The summed E-state index contributed by atoms with van der Waals surface area (Å²) in [6.45, 7) is -0.122. The van der Waals surface area contributed by atoms with E-state index < -0.39 is 42.1 Å². The number of hydrogen-bond donors (Lipinski definition) is 2. The van der Waals surface area contributed by atoms with Crippen molar-refractivity contribution >= 4 is 12.1 Å². The first-order valence-corrected chi connectivity index (χ1v) is 7.72. The zero-order valence-corrected chi connectivity index (χ0v) is 13.8. The molecule has 0 aliphatic carbocycles. The van der Waals surface area contributed by atoms with E-state index in [-0.39, 0.29) is 18.2 Å². The van der Waals surface area contributed by atoms with E-state index in [0.717, 1.165) is 6.07 Å². The van der Waals surface area contributed by atoms with Crippen LogP contribution in [0.2, 0.25) is 0 Å². The largest absolute Gasteiger partial charge is 0.481 e. The van der Waals surface area contributed by atoms with E-state index in [2.05, 4.69) is 5.32 Å². The summed E-state index contributed by atoms with van der Waals surface area (Å²) < 4.78 is 57.1. The van der Waals surface area contributed by atoms with Gasteiger partial charge in [-0.2, -0.15) is 13.2 Å². The van der Waals surface area contributed by atoms with Crippen molar-refractivity contribution in [3.8, 4) is 0 Å². The van der Waals surface area contributed by atoms with Crippen LogP contribution >= 0.6 is 0 Å². The fraction of sp³-hybridized carbons (Fsp3) is 0.222. The number of nitrogens with one attached hydrogen (secondary N) is 1. The second kappa shape index (κ2) is 8.52. The van der Waals surface area contributed by atoms with Gasteiger partial charge >= 0.3 is 18.2 Å². The number of halogens is 4. The third-order valence-corrected chi connectivity index (χ3v) is 3.53. The number of carbonyl (C=O) groups excluding carboxylic acids is 1. The molecule has 2 aromatic rings. The van der Waals surface area contributed by atoms with Gasteiger partial charge < -0.3 is 15.2 Å². The molecule has 0 fully saturated rings. The number of alkyl carbamates (subject to hydrolysis) is 1. The summed E-state index contributed by atoms with van der Waals surface area (Å²) >= 11 is 0. The molecule has 0 aliphatic heterocycles. The van der Waals surface area contributed by atoms with Crippen LogP contribution in [0.5, 0.6) is 0 Å².